The molecule has 0 bridgehead atoms. The molecule has 5 rings (SSSR count). The zero-order chi connectivity index (χ0) is 20.0. The number of ether oxygens (including phenoxy) is 2. The molecule has 152 valence electrons. The molecule has 1 saturated carbocycles. The fraction of sp³-hybridized carbons (Fsp3) is 0.476. The first-order valence-corrected chi connectivity index (χ1v) is 10.1. The van der Waals surface area contributed by atoms with Gasteiger partial charge in [-0.3, -0.25) is 9.89 Å². The van der Waals surface area contributed by atoms with Gasteiger partial charge in [-0.05, 0) is 50.5 Å². The number of hydrogen-bond donors (Lipinski definition) is 1. The van der Waals surface area contributed by atoms with Crippen LogP contribution in [0.3, 0.4) is 0 Å². The highest BCUT2D eigenvalue weighted by Gasteiger charge is 2.40. The normalized spacial score (nSPS) is 18.6. The predicted molar refractivity (Wildman–Crippen MR) is 110 cm³/mol. The van der Waals surface area contributed by atoms with E-state index < -0.39 is 0 Å². The van der Waals surface area contributed by atoms with Crippen molar-refractivity contribution in [2.45, 2.75) is 31.8 Å². The standard InChI is InChI=1S/C21H25N5O3/c1-21(6-7-21)29-14-4-5-16-15(12-14)19(23-22-16)17-13-18(20(27)25(2)24-17)26-8-3-10-28-11-9-26/h4-5,12-13H,3,6-11H2,1-2H3,(H,22,23). The molecule has 0 amide bonds. The molecule has 29 heavy (non-hydrogen) atoms. The lowest BCUT2D eigenvalue weighted by Crippen LogP contribution is -2.34. The molecule has 1 aromatic carbocycles. The van der Waals surface area contributed by atoms with Crippen molar-refractivity contribution in [3.8, 4) is 17.1 Å². The van der Waals surface area contributed by atoms with Crippen molar-refractivity contribution in [3.63, 3.8) is 0 Å². The lowest BCUT2D eigenvalue weighted by molar-refractivity contribution is 0.152. The van der Waals surface area contributed by atoms with Crippen molar-refractivity contribution in [3.05, 3.63) is 34.6 Å². The van der Waals surface area contributed by atoms with Crippen molar-refractivity contribution in [1.82, 2.24) is 20.0 Å². The van der Waals surface area contributed by atoms with E-state index in [1.165, 1.54) is 4.68 Å². The van der Waals surface area contributed by atoms with Crippen LogP contribution in [-0.2, 0) is 11.8 Å². The number of nitrogens with zero attached hydrogens (tertiary/aromatic N) is 4. The van der Waals surface area contributed by atoms with Crippen molar-refractivity contribution in [1.29, 1.82) is 0 Å². The highest BCUT2D eigenvalue weighted by atomic mass is 16.5. The Bertz CT molecular complexity index is 1110. The summed E-state index contributed by atoms with van der Waals surface area (Å²) < 4.78 is 13.0. The van der Waals surface area contributed by atoms with Crippen LogP contribution in [0, 0.1) is 0 Å². The van der Waals surface area contributed by atoms with Gasteiger partial charge in [-0.25, -0.2) is 4.68 Å². The number of rotatable bonds is 4. The quantitative estimate of drug-likeness (QED) is 0.731. The van der Waals surface area contributed by atoms with Gasteiger partial charge in [0, 0.05) is 32.1 Å². The smallest absolute Gasteiger partial charge is 0.290 e. The second-order valence-corrected chi connectivity index (χ2v) is 8.13. The molecule has 2 fully saturated rings. The van der Waals surface area contributed by atoms with Gasteiger partial charge in [0.15, 0.2) is 0 Å². The summed E-state index contributed by atoms with van der Waals surface area (Å²) >= 11 is 0. The summed E-state index contributed by atoms with van der Waals surface area (Å²) in [5, 5.41) is 13.0. The van der Waals surface area contributed by atoms with Gasteiger partial charge in [-0.2, -0.15) is 10.2 Å². The van der Waals surface area contributed by atoms with Gasteiger partial charge < -0.3 is 14.4 Å². The Morgan fingerprint density at radius 3 is 2.90 bits per heavy atom. The third-order valence-corrected chi connectivity index (χ3v) is 5.70. The maximum Gasteiger partial charge on any atom is 0.290 e. The number of aromatic nitrogens is 4. The van der Waals surface area contributed by atoms with Crippen LogP contribution in [-0.4, -0.2) is 51.9 Å². The molecular weight excluding hydrogens is 370 g/mol. The zero-order valence-corrected chi connectivity index (χ0v) is 16.8. The molecule has 2 aliphatic rings. The average molecular weight is 395 g/mol. The van der Waals surface area contributed by atoms with Crippen LogP contribution in [0.25, 0.3) is 22.3 Å². The molecule has 0 radical (unpaired) electrons. The number of H-pyrrole nitrogens is 1. The monoisotopic (exact) mass is 395 g/mol. The van der Waals surface area contributed by atoms with Crippen LogP contribution in [0.2, 0.25) is 0 Å². The molecule has 0 atom stereocenters. The lowest BCUT2D eigenvalue weighted by Gasteiger charge is -2.21. The van der Waals surface area contributed by atoms with Crippen molar-refractivity contribution in [2.75, 3.05) is 31.2 Å². The predicted octanol–water partition coefficient (Wildman–Crippen LogP) is 2.48. The molecular formula is C21H25N5O3. The van der Waals surface area contributed by atoms with Gasteiger partial charge in [0.2, 0.25) is 0 Å². The molecule has 8 nitrogen and oxygen atoms in total. The lowest BCUT2D eigenvalue weighted by atomic mass is 10.1. The number of aromatic amines is 1. The Balaban J connectivity index is 1.57. The van der Waals surface area contributed by atoms with Gasteiger partial charge >= 0.3 is 0 Å². The Hall–Kier alpha value is -2.87. The fourth-order valence-electron chi connectivity index (χ4n) is 3.74. The Morgan fingerprint density at radius 1 is 1.21 bits per heavy atom. The third-order valence-electron chi connectivity index (χ3n) is 5.70. The molecule has 1 N–H and O–H groups in total. The van der Waals surface area contributed by atoms with Crippen LogP contribution >= 0.6 is 0 Å². The summed E-state index contributed by atoms with van der Waals surface area (Å²) in [5.74, 6) is 0.829. The second kappa shape index (κ2) is 6.88. The van der Waals surface area contributed by atoms with E-state index in [0.717, 1.165) is 49.1 Å². The Morgan fingerprint density at radius 2 is 2.07 bits per heavy atom. The van der Waals surface area contributed by atoms with Gasteiger partial charge in [0.1, 0.15) is 28.4 Å². The van der Waals surface area contributed by atoms with E-state index >= 15 is 0 Å². The molecule has 8 heteroatoms. The van der Waals surface area contributed by atoms with E-state index in [0.29, 0.717) is 30.2 Å². The van der Waals surface area contributed by atoms with E-state index in [1.807, 2.05) is 24.3 Å². The maximum absolute atomic E-state index is 12.8. The van der Waals surface area contributed by atoms with Crippen molar-refractivity contribution < 1.29 is 9.47 Å². The Labute approximate surface area is 168 Å². The van der Waals surface area contributed by atoms with E-state index in [2.05, 4.69) is 27.1 Å². The summed E-state index contributed by atoms with van der Waals surface area (Å²) in [6.07, 6.45) is 3.05. The van der Waals surface area contributed by atoms with E-state index in [1.54, 1.807) is 7.05 Å². The highest BCUT2D eigenvalue weighted by Crippen LogP contribution is 2.40. The van der Waals surface area contributed by atoms with Gasteiger partial charge in [-0.15, -0.1) is 0 Å². The van der Waals surface area contributed by atoms with Crippen LogP contribution in [0.1, 0.15) is 26.2 Å². The minimum atomic E-state index is -0.110. The summed E-state index contributed by atoms with van der Waals surface area (Å²) in [6.45, 7) is 4.94. The first-order chi connectivity index (χ1) is 14.0. The van der Waals surface area contributed by atoms with Gasteiger partial charge in [-0.1, -0.05) is 0 Å². The number of hydrogen-bond acceptors (Lipinski definition) is 6. The highest BCUT2D eigenvalue weighted by molar-refractivity contribution is 5.93. The van der Waals surface area contributed by atoms with E-state index in [-0.39, 0.29) is 11.2 Å². The molecule has 1 saturated heterocycles. The minimum absolute atomic E-state index is 0.0471. The van der Waals surface area contributed by atoms with Crippen LogP contribution in [0.15, 0.2) is 29.1 Å². The number of benzene rings is 1. The maximum atomic E-state index is 12.8. The zero-order valence-electron chi connectivity index (χ0n) is 16.8. The van der Waals surface area contributed by atoms with Gasteiger partial charge in [0.25, 0.3) is 5.56 Å². The summed E-state index contributed by atoms with van der Waals surface area (Å²) in [6, 6.07) is 7.79. The number of fused-ring (bicyclic) bond motifs is 1. The molecule has 0 spiro atoms. The SMILES string of the molecule is Cn1nc(-c2n[nH]c3ccc(OC4(C)CC4)cc23)cc(N2CCCOCC2)c1=O. The number of anilines is 1. The number of nitrogens with one attached hydrogen (secondary N) is 1. The largest absolute Gasteiger partial charge is 0.488 e. The second-order valence-electron chi connectivity index (χ2n) is 8.13. The number of aryl methyl sites for hydroxylation is 1. The van der Waals surface area contributed by atoms with Crippen molar-refractivity contribution >= 4 is 16.6 Å². The molecule has 0 unspecified atom stereocenters. The summed E-state index contributed by atoms with van der Waals surface area (Å²) in [7, 11) is 1.68. The van der Waals surface area contributed by atoms with E-state index in [9.17, 15) is 4.79 Å². The van der Waals surface area contributed by atoms with Crippen LogP contribution < -0.4 is 15.2 Å². The molecule has 3 heterocycles. The average Bonchev–Trinajstić information content (AvgIpc) is 3.37. The van der Waals surface area contributed by atoms with Crippen molar-refractivity contribution in [2.24, 2.45) is 7.05 Å². The molecule has 1 aliphatic heterocycles. The first kappa shape index (κ1) is 18.2. The first-order valence-electron chi connectivity index (χ1n) is 10.1. The topological polar surface area (TPSA) is 85.3 Å². The Kier molecular flexibility index (Phi) is 4.31. The fourth-order valence-corrected chi connectivity index (χ4v) is 3.74. The molecule has 1 aliphatic carbocycles. The molecule has 3 aromatic rings. The molecule has 2 aromatic heterocycles. The van der Waals surface area contributed by atoms with Crippen LogP contribution in [0.5, 0.6) is 5.75 Å². The van der Waals surface area contributed by atoms with Crippen LogP contribution in [0.4, 0.5) is 5.69 Å². The van der Waals surface area contributed by atoms with Gasteiger partial charge in [0.05, 0.1) is 12.1 Å². The summed E-state index contributed by atoms with van der Waals surface area (Å²) in [4.78, 5) is 14.8. The third kappa shape index (κ3) is 3.48. The van der Waals surface area contributed by atoms with E-state index in [4.69, 9.17) is 9.47 Å². The minimum Gasteiger partial charge on any atom is -0.488 e. The summed E-state index contributed by atoms with van der Waals surface area (Å²) in [5.41, 5.74) is 2.77.